The number of hydrogen-bond acceptors (Lipinski definition) is 5. The van der Waals surface area contributed by atoms with Gasteiger partial charge in [0, 0.05) is 6.07 Å². The van der Waals surface area contributed by atoms with Crippen molar-refractivity contribution >= 4 is 12.3 Å². The Bertz CT molecular complexity index is 409. The number of carboxylic acid groups (broad SMARTS) is 1. The smallest absolute Gasteiger partial charge is 0.343 e. The van der Waals surface area contributed by atoms with E-state index in [2.05, 4.69) is 0 Å². The van der Waals surface area contributed by atoms with Crippen LogP contribution in [0.2, 0.25) is 0 Å². The molecule has 6 nitrogen and oxygen atoms in total. The second kappa shape index (κ2) is 3.25. The predicted molar refractivity (Wildman–Crippen MR) is 43.8 cm³/mol. The molecule has 0 heterocycles. The number of phenols is 3. The summed E-state index contributed by atoms with van der Waals surface area (Å²) >= 11 is 0. The first-order valence-electron chi connectivity index (χ1n) is 3.45. The lowest BCUT2D eigenvalue weighted by atomic mass is 10.1. The van der Waals surface area contributed by atoms with Gasteiger partial charge in [0.05, 0.1) is 5.56 Å². The minimum atomic E-state index is -1.59. The molecule has 0 spiro atoms. The third-order valence-corrected chi connectivity index (χ3v) is 1.63. The van der Waals surface area contributed by atoms with E-state index in [1.54, 1.807) is 0 Å². The van der Waals surface area contributed by atoms with E-state index in [1.807, 2.05) is 0 Å². The Hall–Kier alpha value is -2.24. The van der Waals surface area contributed by atoms with Crippen molar-refractivity contribution in [3.63, 3.8) is 0 Å². The summed E-state index contributed by atoms with van der Waals surface area (Å²) in [5.74, 6) is -4.04. The second-order valence-electron chi connectivity index (χ2n) is 2.48. The molecule has 0 radical (unpaired) electrons. The van der Waals surface area contributed by atoms with E-state index < -0.39 is 34.3 Å². The van der Waals surface area contributed by atoms with Crippen LogP contribution in [0, 0.1) is 0 Å². The van der Waals surface area contributed by atoms with Crippen molar-refractivity contribution < 1.29 is 30.0 Å². The van der Waals surface area contributed by atoms with Crippen molar-refractivity contribution in [3.05, 3.63) is 17.2 Å². The molecule has 1 rings (SSSR count). The highest BCUT2D eigenvalue weighted by Gasteiger charge is 2.21. The summed E-state index contributed by atoms with van der Waals surface area (Å²) in [6.07, 6.45) is 0.0938. The van der Waals surface area contributed by atoms with Gasteiger partial charge in [-0.3, -0.25) is 4.79 Å². The molecule has 0 aliphatic rings. The van der Waals surface area contributed by atoms with Gasteiger partial charge in [-0.05, 0) is 0 Å². The van der Waals surface area contributed by atoms with Crippen LogP contribution >= 0.6 is 0 Å². The van der Waals surface area contributed by atoms with Crippen LogP contribution in [0.3, 0.4) is 0 Å². The highest BCUT2D eigenvalue weighted by Crippen LogP contribution is 2.35. The molecule has 1 aromatic carbocycles. The topological polar surface area (TPSA) is 115 Å². The van der Waals surface area contributed by atoms with Crippen LogP contribution in [0.5, 0.6) is 17.2 Å². The lowest BCUT2D eigenvalue weighted by molar-refractivity contribution is 0.0690. The maximum Gasteiger partial charge on any atom is 0.343 e. The molecule has 0 unspecified atom stereocenters. The molecule has 0 aliphatic carbocycles. The fourth-order valence-electron chi connectivity index (χ4n) is 0.984. The molecule has 0 saturated heterocycles. The molecule has 0 aromatic heterocycles. The van der Waals surface area contributed by atoms with E-state index in [4.69, 9.17) is 15.3 Å². The molecule has 0 atom stereocenters. The molecule has 0 amide bonds. The first-order chi connectivity index (χ1) is 6.49. The Labute approximate surface area is 77.7 Å². The van der Waals surface area contributed by atoms with Crippen molar-refractivity contribution in [1.29, 1.82) is 0 Å². The standard InChI is InChI=1S/C8H6O6/c9-2-3-4(10)1-5(11)6(7(3)12)8(13)14/h1-2,10-12H,(H,13,14). The molecule has 74 valence electrons. The van der Waals surface area contributed by atoms with Crippen LogP contribution in [0.1, 0.15) is 20.7 Å². The van der Waals surface area contributed by atoms with Gasteiger partial charge in [-0.2, -0.15) is 0 Å². The summed E-state index contributed by atoms with van der Waals surface area (Å²) in [6, 6.07) is 0.674. The van der Waals surface area contributed by atoms with Gasteiger partial charge in [0.25, 0.3) is 0 Å². The lowest BCUT2D eigenvalue weighted by Gasteiger charge is -2.06. The zero-order valence-corrected chi connectivity index (χ0v) is 6.76. The normalized spacial score (nSPS) is 9.71. The van der Waals surface area contributed by atoms with E-state index in [0.717, 1.165) is 0 Å². The Morgan fingerprint density at radius 1 is 1.21 bits per heavy atom. The van der Waals surface area contributed by atoms with E-state index in [9.17, 15) is 14.7 Å². The number of carbonyl (C=O) groups excluding carboxylic acids is 1. The van der Waals surface area contributed by atoms with Gasteiger partial charge in [-0.15, -0.1) is 0 Å². The summed E-state index contributed by atoms with van der Waals surface area (Å²) in [7, 11) is 0. The number of aldehydes is 1. The number of aromatic carboxylic acids is 1. The van der Waals surface area contributed by atoms with Crippen LogP contribution in [-0.2, 0) is 0 Å². The fourth-order valence-corrected chi connectivity index (χ4v) is 0.984. The molecule has 14 heavy (non-hydrogen) atoms. The third kappa shape index (κ3) is 1.33. The average molecular weight is 198 g/mol. The van der Waals surface area contributed by atoms with Crippen LogP contribution in [-0.4, -0.2) is 32.7 Å². The minimum Gasteiger partial charge on any atom is -0.507 e. The number of carboxylic acids is 1. The highest BCUT2D eigenvalue weighted by molar-refractivity contribution is 5.99. The highest BCUT2D eigenvalue weighted by atomic mass is 16.4. The number of hydrogen-bond donors (Lipinski definition) is 4. The van der Waals surface area contributed by atoms with E-state index in [0.29, 0.717) is 6.07 Å². The average Bonchev–Trinajstić information content (AvgIpc) is 2.02. The Balaban J connectivity index is 3.60. The van der Waals surface area contributed by atoms with Gasteiger partial charge in [0.2, 0.25) is 0 Å². The van der Waals surface area contributed by atoms with E-state index >= 15 is 0 Å². The summed E-state index contributed by atoms with van der Waals surface area (Å²) < 4.78 is 0. The van der Waals surface area contributed by atoms with E-state index in [1.165, 1.54) is 0 Å². The maximum absolute atomic E-state index is 10.5. The molecular weight excluding hydrogens is 192 g/mol. The Kier molecular flexibility index (Phi) is 2.29. The van der Waals surface area contributed by atoms with Crippen molar-refractivity contribution in [2.45, 2.75) is 0 Å². The quantitative estimate of drug-likeness (QED) is 0.508. The van der Waals surface area contributed by atoms with Crippen molar-refractivity contribution in [2.24, 2.45) is 0 Å². The zero-order chi connectivity index (χ0) is 10.9. The van der Waals surface area contributed by atoms with Crippen molar-refractivity contribution in [2.75, 3.05) is 0 Å². The van der Waals surface area contributed by atoms with Crippen LogP contribution < -0.4 is 0 Å². The van der Waals surface area contributed by atoms with Gasteiger partial charge < -0.3 is 20.4 Å². The second-order valence-corrected chi connectivity index (χ2v) is 2.48. The predicted octanol–water partition coefficient (Wildman–Crippen LogP) is 0.314. The molecule has 0 aliphatic heterocycles. The molecule has 6 heteroatoms. The van der Waals surface area contributed by atoms with Gasteiger partial charge >= 0.3 is 5.97 Å². The monoisotopic (exact) mass is 198 g/mol. The zero-order valence-electron chi connectivity index (χ0n) is 6.76. The van der Waals surface area contributed by atoms with Gasteiger partial charge in [-0.1, -0.05) is 0 Å². The summed E-state index contributed by atoms with van der Waals surface area (Å²) in [6.45, 7) is 0. The number of carbonyl (C=O) groups is 2. The number of phenolic OH excluding ortho intramolecular Hbond substituents is 1. The minimum absolute atomic E-state index is 0.0938. The molecular formula is C8H6O6. The first kappa shape index (κ1) is 9.85. The fraction of sp³-hybridized carbons (Fsp3) is 0. The van der Waals surface area contributed by atoms with E-state index in [-0.39, 0.29) is 6.29 Å². The SMILES string of the molecule is O=Cc1c(O)cc(O)c(C(=O)O)c1O. The molecule has 1 aromatic rings. The van der Waals surface area contributed by atoms with Crippen molar-refractivity contribution in [1.82, 2.24) is 0 Å². The molecule has 0 fully saturated rings. The number of aromatic hydroxyl groups is 3. The lowest BCUT2D eigenvalue weighted by Crippen LogP contribution is -1.99. The summed E-state index contributed by atoms with van der Waals surface area (Å²) in [5, 5.41) is 35.8. The van der Waals surface area contributed by atoms with Crippen LogP contribution in [0.4, 0.5) is 0 Å². The number of rotatable bonds is 2. The molecule has 4 N–H and O–H groups in total. The summed E-state index contributed by atoms with van der Waals surface area (Å²) in [4.78, 5) is 20.8. The van der Waals surface area contributed by atoms with Crippen LogP contribution in [0.25, 0.3) is 0 Å². The largest absolute Gasteiger partial charge is 0.507 e. The van der Waals surface area contributed by atoms with Crippen molar-refractivity contribution in [3.8, 4) is 17.2 Å². The molecule has 0 saturated carbocycles. The van der Waals surface area contributed by atoms with Gasteiger partial charge in [0.15, 0.2) is 6.29 Å². The van der Waals surface area contributed by atoms with Gasteiger partial charge in [-0.25, -0.2) is 4.79 Å². The third-order valence-electron chi connectivity index (χ3n) is 1.63. The number of benzene rings is 1. The van der Waals surface area contributed by atoms with Gasteiger partial charge in [0.1, 0.15) is 22.8 Å². The maximum atomic E-state index is 10.5. The summed E-state index contributed by atoms with van der Waals surface area (Å²) in [5.41, 5.74) is -1.38. The Morgan fingerprint density at radius 3 is 2.21 bits per heavy atom. The Morgan fingerprint density at radius 2 is 1.79 bits per heavy atom. The molecule has 0 bridgehead atoms. The van der Waals surface area contributed by atoms with Crippen LogP contribution in [0.15, 0.2) is 6.07 Å². The first-order valence-corrected chi connectivity index (χ1v) is 3.45.